The molecule has 0 aromatic carbocycles. The summed E-state index contributed by atoms with van der Waals surface area (Å²) in [6.45, 7) is 1.24. The van der Waals surface area contributed by atoms with Crippen molar-refractivity contribution in [2.45, 2.75) is 31.5 Å². The zero-order valence-corrected chi connectivity index (χ0v) is 9.69. The number of nitrogens with one attached hydrogen (secondary N) is 2. The first-order chi connectivity index (χ1) is 7.83. The van der Waals surface area contributed by atoms with E-state index in [1.165, 1.54) is 0 Å². The minimum atomic E-state index is -4.32. The van der Waals surface area contributed by atoms with Gasteiger partial charge in [-0.15, -0.1) is 0 Å². The third-order valence-corrected chi connectivity index (χ3v) is 2.67. The molecule has 1 aliphatic heterocycles. The summed E-state index contributed by atoms with van der Waals surface area (Å²) in [6.07, 6.45) is -2.65. The third-order valence-electron chi connectivity index (χ3n) is 2.67. The van der Waals surface area contributed by atoms with E-state index in [-0.39, 0.29) is 19.1 Å². The number of halogens is 3. The molecule has 1 amide bonds. The maximum Gasteiger partial charge on any atom is 0.411 e. The van der Waals surface area contributed by atoms with Crippen LogP contribution in [0.15, 0.2) is 0 Å². The Morgan fingerprint density at radius 3 is 2.76 bits per heavy atom. The summed E-state index contributed by atoms with van der Waals surface area (Å²) >= 11 is 0. The van der Waals surface area contributed by atoms with E-state index in [0.717, 1.165) is 19.4 Å². The Bertz CT molecular complexity index is 263. The fourth-order valence-corrected chi connectivity index (χ4v) is 1.71. The highest BCUT2D eigenvalue weighted by Gasteiger charge is 2.35. The molecule has 1 aliphatic rings. The van der Waals surface area contributed by atoms with Crippen LogP contribution in [0.3, 0.4) is 0 Å². The number of carbonyl (C=O) groups is 1. The van der Waals surface area contributed by atoms with E-state index in [2.05, 4.69) is 15.4 Å². The zero-order chi connectivity index (χ0) is 12.9. The van der Waals surface area contributed by atoms with E-state index in [0.29, 0.717) is 0 Å². The van der Waals surface area contributed by atoms with Crippen molar-refractivity contribution in [2.75, 3.05) is 26.3 Å². The second kappa shape index (κ2) is 5.68. The molecule has 0 saturated carbocycles. The second-order valence-corrected chi connectivity index (χ2v) is 4.29. The average molecular weight is 254 g/mol. The Hall–Kier alpha value is -0.820. The first-order valence-electron chi connectivity index (χ1n) is 5.51. The molecule has 0 aromatic heterocycles. The molecule has 1 heterocycles. The number of hydrogen-bond donors (Lipinski definition) is 2. The molecule has 7 heteroatoms. The van der Waals surface area contributed by atoms with Crippen LogP contribution in [0.1, 0.15) is 19.8 Å². The van der Waals surface area contributed by atoms with Gasteiger partial charge in [-0.25, -0.2) is 0 Å². The summed E-state index contributed by atoms with van der Waals surface area (Å²) < 4.78 is 39.6. The molecule has 1 rings (SSSR count). The molecule has 0 spiro atoms. The molecule has 1 fully saturated rings. The monoisotopic (exact) mass is 254 g/mol. The largest absolute Gasteiger partial charge is 0.411 e. The van der Waals surface area contributed by atoms with Crippen molar-refractivity contribution < 1.29 is 22.7 Å². The Morgan fingerprint density at radius 1 is 1.53 bits per heavy atom. The van der Waals surface area contributed by atoms with Crippen molar-refractivity contribution >= 4 is 5.91 Å². The van der Waals surface area contributed by atoms with Gasteiger partial charge in [0.25, 0.3) is 0 Å². The fourth-order valence-electron chi connectivity index (χ4n) is 1.71. The first-order valence-corrected chi connectivity index (χ1v) is 5.51. The van der Waals surface area contributed by atoms with E-state index in [1.54, 1.807) is 6.92 Å². The standard InChI is InChI=1S/C10H17F3N2O2/c1-9(3-2-4-15-9)8(16)14-5-6-17-7-10(11,12)13/h15H,2-7H2,1H3,(H,14,16). The molecule has 0 bridgehead atoms. The number of carbonyl (C=O) groups excluding carboxylic acids is 1. The Kier molecular flexibility index (Phi) is 4.76. The molecular formula is C10H17F3N2O2. The predicted octanol–water partition coefficient (Wildman–Crippen LogP) is 0.824. The SMILES string of the molecule is CC1(C(=O)NCCOCC(F)(F)F)CCCN1. The lowest BCUT2D eigenvalue weighted by Gasteiger charge is -2.23. The van der Waals surface area contributed by atoms with Gasteiger partial charge in [0, 0.05) is 6.54 Å². The summed E-state index contributed by atoms with van der Waals surface area (Å²) in [5.41, 5.74) is -0.593. The number of rotatable bonds is 5. The molecule has 1 atom stereocenters. The van der Waals surface area contributed by atoms with Gasteiger partial charge in [-0.2, -0.15) is 13.2 Å². The Balaban J connectivity index is 2.12. The smallest absolute Gasteiger partial charge is 0.370 e. The van der Waals surface area contributed by atoms with Gasteiger partial charge in [0.05, 0.1) is 12.1 Å². The minimum Gasteiger partial charge on any atom is -0.370 e. The number of hydrogen-bond acceptors (Lipinski definition) is 3. The zero-order valence-electron chi connectivity index (χ0n) is 9.69. The quantitative estimate of drug-likeness (QED) is 0.714. The molecule has 100 valence electrons. The van der Waals surface area contributed by atoms with E-state index >= 15 is 0 Å². The lowest BCUT2D eigenvalue weighted by molar-refractivity contribution is -0.173. The molecule has 17 heavy (non-hydrogen) atoms. The van der Waals surface area contributed by atoms with E-state index in [4.69, 9.17) is 0 Å². The van der Waals surface area contributed by atoms with Gasteiger partial charge < -0.3 is 15.4 Å². The number of alkyl halides is 3. The Morgan fingerprint density at radius 2 is 2.24 bits per heavy atom. The second-order valence-electron chi connectivity index (χ2n) is 4.29. The van der Waals surface area contributed by atoms with Crippen molar-refractivity contribution in [3.63, 3.8) is 0 Å². The molecule has 0 aromatic rings. The van der Waals surface area contributed by atoms with Crippen molar-refractivity contribution in [1.82, 2.24) is 10.6 Å². The van der Waals surface area contributed by atoms with Crippen LogP contribution < -0.4 is 10.6 Å². The van der Waals surface area contributed by atoms with Gasteiger partial charge in [0.15, 0.2) is 0 Å². The average Bonchev–Trinajstić information content (AvgIpc) is 2.64. The minimum absolute atomic E-state index is 0.0895. The number of amides is 1. The number of ether oxygens (including phenoxy) is 1. The summed E-state index contributed by atoms with van der Waals surface area (Å²) in [6, 6.07) is 0. The molecule has 2 N–H and O–H groups in total. The molecule has 4 nitrogen and oxygen atoms in total. The van der Waals surface area contributed by atoms with Crippen LogP contribution in [-0.2, 0) is 9.53 Å². The summed E-state index contributed by atoms with van der Waals surface area (Å²) in [7, 11) is 0. The highest BCUT2D eigenvalue weighted by atomic mass is 19.4. The normalized spacial score (nSPS) is 24.9. The summed E-state index contributed by atoms with van der Waals surface area (Å²) in [5, 5.41) is 5.62. The lowest BCUT2D eigenvalue weighted by Crippen LogP contribution is -2.51. The third kappa shape index (κ3) is 4.91. The molecule has 1 unspecified atom stereocenters. The van der Waals surface area contributed by atoms with Gasteiger partial charge in [-0.1, -0.05) is 0 Å². The van der Waals surface area contributed by atoms with Crippen LogP contribution in [0, 0.1) is 0 Å². The van der Waals surface area contributed by atoms with E-state index < -0.39 is 18.3 Å². The van der Waals surface area contributed by atoms with Gasteiger partial charge in [0.1, 0.15) is 6.61 Å². The molecule has 0 radical (unpaired) electrons. The van der Waals surface area contributed by atoms with Gasteiger partial charge in [-0.3, -0.25) is 4.79 Å². The van der Waals surface area contributed by atoms with Crippen molar-refractivity contribution in [1.29, 1.82) is 0 Å². The lowest BCUT2D eigenvalue weighted by atomic mass is 9.99. The topological polar surface area (TPSA) is 50.4 Å². The van der Waals surface area contributed by atoms with Crippen LogP contribution in [0.25, 0.3) is 0 Å². The molecule has 1 saturated heterocycles. The van der Waals surface area contributed by atoms with Gasteiger partial charge in [-0.05, 0) is 26.3 Å². The van der Waals surface area contributed by atoms with Crippen molar-refractivity contribution in [3.05, 3.63) is 0 Å². The summed E-state index contributed by atoms with van der Waals surface area (Å²) in [5.74, 6) is -0.189. The van der Waals surface area contributed by atoms with Crippen LogP contribution in [0.4, 0.5) is 13.2 Å². The van der Waals surface area contributed by atoms with Crippen LogP contribution in [-0.4, -0.2) is 43.9 Å². The molecule has 0 aliphatic carbocycles. The maximum absolute atomic E-state index is 11.7. The predicted molar refractivity (Wildman–Crippen MR) is 55.5 cm³/mol. The molecular weight excluding hydrogens is 237 g/mol. The van der Waals surface area contributed by atoms with Gasteiger partial charge >= 0.3 is 6.18 Å². The highest BCUT2D eigenvalue weighted by Crippen LogP contribution is 2.18. The van der Waals surface area contributed by atoms with E-state index in [1.807, 2.05) is 0 Å². The van der Waals surface area contributed by atoms with Gasteiger partial charge in [0.2, 0.25) is 5.91 Å². The van der Waals surface area contributed by atoms with Crippen LogP contribution >= 0.6 is 0 Å². The summed E-state index contributed by atoms with van der Waals surface area (Å²) in [4.78, 5) is 11.7. The van der Waals surface area contributed by atoms with Crippen LogP contribution in [0.2, 0.25) is 0 Å². The van der Waals surface area contributed by atoms with E-state index in [9.17, 15) is 18.0 Å². The maximum atomic E-state index is 11.7. The van der Waals surface area contributed by atoms with Crippen molar-refractivity contribution in [2.24, 2.45) is 0 Å². The fraction of sp³-hybridized carbons (Fsp3) is 0.900. The first kappa shape index (κ1) is 14.2. The van der Waals surface area contributed by atoms with Crippen LogP contribution in [0.5, 0.6) is 0 Å². The Labute approximate surface area is 97.9 Å². The highest BCUT2D eigenvalue weighted by molar-refractivity contribution is 5.86. The van der Waals surface area contributed by atoms with Crippen molar-refractivity contribution in [3.8, 4) is 0 Å².